The summed E-state index contributed by atoms with van der Waals surface area (Å²) < 4.78 is 41.5. The van der Waals surface area contributed by atoms with Gasteiger partial charge in [-0.05, 0) is 23.0 Å². The van der Waals surface area contributed by atoms with Gasteiger partial charge in [-0.1, -0.05) is 48.5 Å². The summed E-state index contributed by atoms with van der Waals surface area (Å²) in [6.45, 7) is 14.7. The summed E-state index contributed by atoms with van der Waals surface area (Å²) in [7, 11) is -3.78. The molecule has 188 valence electrons. The molecule has 0 amide bonds. The van der Waals surface area contributed by atoms with Crippen molar-refractivity contribution in [2.24, 2.45) is 5.41 Å². The van der Waals surface area contributed by atoms with Crippen LogP contribution >= 0.6 is 23.1 Å². The Bertz CT molecular complexity index is 1200. The van der Waals surface area contributed by atoms with E-state index >= 15 is 0 Å². The van der Waals surface area contributed by atoms with Gasteiger partial charge in [-0.15, -0.1) is 11.3 Å². The molecule has 3 heterocycles. The number of aromatic nitrogens is 2. The van der Waals surface area contributed by atoms with E-state index in [2.05, 4.69) is 60.1 Å². The van der Waals surface area contributed by atoms with Crippen LogP contribution in [0.3, 0.4) is 0 Å². The second kappa shape index (κ2) is 10.2. The second-order valence-corrected chi connectivity index (χ2v) is 12.9. The summed E-state index contributed by atoms with van der Waals surface area (Å²) in [6.07, 6.45) is 1.78. The monoisotopic (exact) mass is 527 g/mol. The molecule has 3 aromatic rings. The smallest absolute Gasteiger partial charge is 0.256 e. The van der Waals surface area contributed by atoms with E-state index in [1.165, 1.54) is 4.31 Å². The minimum absolute atomic E-state index is 0.0965. The Labute approximate surface area is 209 Å². The molecule has 0 radical (unpaired) electrons. The van der Waals surface area contributed by atoms with Crippen LogP contribution in [-0.2, 0) is 10.0 Å². The molecule has 0 saturated carbocycles. The minimum atomic E-state index is -3.78. The molecule has 9 nitrogen and oxygen atoms in total. The highest BCUT2D eigenvalue weighted by Crippen LogP contribution is 2.43. The van der Waals surface area contributed by atoms with E-state index in [9.17, 15) is 13.5 Å². The van der Waals surface area contributed by atoms with Gasteiger partial charge in [0.15, 0.2) is 21.6 Å². The average Bonchev–Trinajstić information content (AvgIpc) is 3.47. The fourth-order valence-corrected chi connectivity index (χ4v) is 6.76. The first-order valence-corrected chi connectivity index (χ1v) is 14.2. The lowest BCUT2D eigenvalue weighted by atomic mass is 9.85. The van der Waals surface area contributed by atoms with E-state index in [4.69, 9.17) is 4.42 Å². The van der Waals surface area contributed by atoms with Crippen molar-refractivity contribution >= 4 is 50.4 Å². The van der Waals surface area contributed by atoms with Gasteiger partial charge >= 0.3 is 0 Å². The summed E-state index contributed by atoms with van der Waals surface area (Å²) in [5.74, 6) is 1.71. The molecule has 0 fully saturated rings. The Hall–Kier alpha value is -2.15. The van der Waals surface area contributed by atoms with Crippen molar-refractivity contribution < 1.29 is 17.9 Å². The molecule has 0 bridgehead atoms. The third kappa shape index (κ3) is 5.40. The zero-order valence-electron chi connectivity index (χ0n) is 20.5. The van der Waals surface area contributed by atoms with Crippen LogP contribution in [0.25, 0.3) is 0 Å². The molecule has 1 atom stereocenters. The molecule has 0 aliphatic rings. The molecule has 34 heavy (non-hydrogen) atoms. The average molecular weight is 528 g/mol. The van der Waals surface area contributed by atoms with Gasteiger partial charge in [-0.3, -0.25) is 0 Å². The number of hydrogen-bond donors (Lipinski definition) is 3. The van der Waals surface area contributed by atoms with Crippen molar-refractivity contribution in [3.63, 3.8) is 0 Å². The van der Waals surface area contributed by atoms with Crippen molar-refractivity contribution in [3.8, 4) is 5.75 Å². The van der Waals surface area contributed by atoms with E-state index < -0.39 is 10.0 Å². The lowest BCUT2D eigenvalue weighted by Gasteiger charge is -2.30. The molecule has 0 unspecified atom stereocenters. The third-order valence-electron chi connectivity index (χ3n) is 5.49. The minimum Gasteiger partial charge on any atom is -0.504 e. The van der Waals surface area contributed by atoms with Crippen LogP contribution in [0.1, 0.15) is 71.7 Å². The SMILES string of the molecule is CCN(CC)S(=O)(=O)c1scc(Nc2nsnc2N[C@@H](c2cc(C(C)C)co2)C(C)(C)C)c1O. The molecule has 0 saturated heterocycles. The highest BCUT2D eigenvalue weighted by atomic mass is 32.2. The summed E-state index contributed by atoms with van der Waals surface area (Å²) in [5.41, 5.74) is 1.17. The predicted octanol–water partition coefficient (Wildman–Crippen LogP) is 6.00. The summed E-state index contributed by atoms with van der Waals surface area (Å²) >= 11 is 1.98. The summed E-state index contributed by atoms with van der Waals surface area (Å²) in [5, 5.41) is 18.7. The molecule has 3 aromatic heterocycles. The van der Waals surface area contributed by atoms with Crippen LogP contribution in [0.5, 0.6) is 5.75 Å². The number of anilines is 3. The molecule has 12 heteroatoms. The van der Waals surface area contributed by atoms with Crippen LogP contribution in [0, 0.1) is 5.41 Å². The maximum Gasteiger partial charge on any atom is 0.256 e. The highest BCUT2D eigenvalue weighted by Gasteiger charge is 2.32. The van der Waals surface area contributed by atoms with Crippen molar-refractivity contribution in [2.75, 3.05) is 23.7 Å². The standard InChI is InChI=1S/C22H33N5O4S3/c1-8-27(9-2)34(29,30)21-17(28)15(12-32-21)23-19-20(26-33-25-19)24-18(22(5,6)7)16-10-14(11-31-16)13(3)4/h10-13,18,28H,8-9H2,1-7H3,(H,23,25)(H,24,26)/t18-/m0/s1. The van der Waals surface area contributed by atoms with Gasteiger partial charge in [0, 0.05) is 18.5 Å². The van der Waals surface area contributed by atoms with Gasteiger partial charge < -0.3 is 20.2 Å². The molecule has 0 aliphatic carbocycles. The summed E-state index contributed by atoms with van der Waals surface area (Å²) in [6, 6.07) is 1.86. The van der Waals surface area contributed by atoms with Crippen molar-refractivity contribution in [2.45, 2.75) is 64.6 Å². The fourth-order valence-electron chi connectivity index (χ4n) is 3.45. The molecule has 3 N–H and O–H groups in total. The first-order chi connectivity index (χ1) is 15.9. The Morgan fingerprint density at radius 3 is 2.38 bits per heavy atom. The zero-order chi connectivity index (χ0) is 25.3. The largest absolute Gasteiger partial charge is 0.504 e. The molecule has 3 rings (SSSR count). The molecular weight excluding hydrogens is 494 g/mol. The van der Waals surface area contributed by atoms with E-state index in [1.54, 1.807) is 25.5 Å². The topological polar surface area (TPSA) is 121 Å². The first-order valence-electron chi connectivity index (χ1n) is 11.1. The maximum atomic E-state index is 12.9. The molecule has 0 aliphatic heterocycles. The van der Waals surface area contributed by atoms with Gasteiger partial charge in [0.2, 0.25) is 0 Å². The van der Waals surface area contributed by atoms with E-state index in [1.807, 2.05) is 0 Å². The number of nitrogens with zero attached hydrogens (tertiary/aromatic N) is 3. The van der Waals surface area contributed by atoms with E-state index in [0.717, 1.165) is 34.4 Å². The lowest BCUT2D eigenvalue weighted by Crippen LogP contribution is -2.30. The number of thiophene rings is 1. The van der Waals surface area contributed by atoms with Crippen LogP contribution in [0.2, 0.25) is 0 Å². The summed E-state index contributed by atoms with van der Waals surface area (Å²) in [4.78, 5) is 0. The number of furan rings is 1. The Morgan fingerprint density at radius 1 is 1.18 bits per heavy atom. The van der Waals surface area contributed by atoms with Crippen molar-refractivity contribution in [1.82, 2.24) is 13.1 Å². The number of nitrogens with one attached hydrogen (secondary N) is 2. The highest BCUT2D eigenvalue weighted by molar-refractivity contribution is 7.91. The van der Waals surface area contributed by atoms with Crippen LogP contribution in [-0.4, -0.2) is 39.7 Å². The zero-order valence-corrected chi connectivity index (χ0v) is 23.0. The number of hydrogen-bond acceptors (Lipinski definition) is 10. The first kappa shape index (κ1) is 26.5. The predicted molar refractivity (Wildman–Crippen MR) is 138 cm³/mol. The Morgan fingerprint density at radius 2 is 1.82 bits per heavy atom. The molecular formula is C22H33N5O4S3. The quantitative estimate of drug-likeness (QED) is 0.294. The Kier molecular flexibility index (Phi) is 7.96. The van der Waals surface area contributed by atoms with Gasteiger partial charge in [0.1, 0.15) is 5.76 Å². The number of sulfonamides is 1. The van der Waals surface area contributed by atoms with Crippen LogP contribution in [0.15, 0.2) is 26.3 Å². The van der Waals surface area contributed by atoms with Crippen molar-refractivity contribution in [1.29, 1.82) is 0 Å². The van der Waals surface area contributed by atoms with Gasteiger partial charge in [-0.2, -0.15) is 13.1 Å². The molecule has 0 spiro atoms. The van der Waals surface area contributed by atoms with Crippen LogP contribution in [0.4, 0.5) is 17.3 Å². The normalized spacial score (nSPS) is 13.6. The van der Waals surface area contributed by atoms with Gasteiger partial charge in [0.05, 0.1) is 29.7 Å². The third-order valence-corrected chi connectivity index (χ3v) is 9.56. The molecule has 0 aromatic carbocycles. The fraction of sp³-hybridized carbons (Fsp3) is 0.545. The van der Waals surface area contributed by atoms with Crippen LogP contribution < -0.4 is 10.6 Å². The van der Waals surface area contributed by atoms with Crippen molar-refractivity contribution in [3.05, 3.63) is 29.0 Å². The lowest BCUT2D eigenvalue weighted by molar-refractivity contribution is 0.303. The van der Waals surface area contributed by atoms with E-state index in [-0.39, 0.29) is 27.1 Å². The van der Waals surface area contributed by atoms with E-state index in [0.29, 0.717) is 30.6 Å². The number of rotatable bonds is 10. The number of aromatic hydroxyl groups is 1. The maximum absolute atomic E-state index is 12.9. The van der Waals surface area contributed by atoms with Gasteiger partial charge in [0.25, 0.3) is 10.0 Å². The second-order valence-electron chi connectivity index (χ2n) is 9.34. The Balaban J connectivity index is 1.88. The van der Waals surface area contributed by atoms with Gasteiger partial charge in [-0.25, -0.2) is 8.42 Å².